The molecule has 3 aromatic heterocycles. The number of carbonyl (C=O) groups is 7. The number of rotatable bonds is 26. The third-order valence-corrected chi connectivity index (χ3v) is 17.7. The number of aryl methyl sites for hydroxylation is 2. The van der Waals surface area contributed by atoms with Gasteiger partial charge in [0.15, 0.2) is 5.82 Å². The Bertz CT molecular complexity index is 3740. The molecule has 0 aliphatic carbocycles. The van der Waals surface area contributed by atoms with Crippen LogP contribution in [-0.2, 0) is 48.0 Å². The molecule has 2 saturated heterocycles. The molecule has 4 aromatic carbocycles. The van der Waals surface area contributed by atoms with Crippen molar-refractivity contribution < 1.29 is 51.8 Å². The van der Waals surface area contributed by atoms with Crippen LogP contribution in [0.5, 0.6) is 0 Å². The lowest BCUT2D eigenvalue weighted by Crippen LogP contribution is -2.57. The van der Waals surface area contributed by atoms with Gasteiger partial charge in [0.2, 0.25) is 35.4 Å². The molecule has 0 radical (unpaired) electrons. The fourth-order valence-corrected chi connectivity index (χ4v) is 12.3. The van der Waals surface area contributed by atoms with Crippen LogP contribution >= 0.6 is 11.3 Å². The molecule has 9 rings (SSSR count). The van der Waals surface area contributed by atoms with Gasteiger partial charge in [0, 0.05) is 99.0 Å². The molecule has 5 heterocycles. The number of thiazole rings is 1. The van der Waals surface area contributed by atoms with E-state index in [0.29, 0.717) is 72.3 Å². The first-order valence-corrected chi connectivity index (χ1v) is 32.1. The lowest BCUT2D eigenvalue weighted by atomic mass is 9.85. The molecule has 25 heteroatoms. The summed E-state index contributed by atoms with van der Waals surface area (Å²) in [6, 6.07) is 21.6. The predicted molar refractivity (Wildman–Crippen MR) is 346 cm³/mol. The van der Waals surface area contributed by atoms with E-state index < -0.39 is 47.2 Å². The minimum atomic E-state index is -4.55. The molecule has 2 aliphatic heterocycles. The van der Waals surface area contributed by atoms with Crippen molar-refractivity contribution in [2.75, 3.05) is 55.2 Å². The number of hydrogen-bond donors (Lipinski definition) is 7. The van der Waals surface area contributed by atoms with Crippen LogP contribution in [0.2, 0.25) is 0 Å². The van der Waals surface area contributed by atoms with Gasteiger partial charge in [-0.25, -0.2) is 4.98 Å². The zero-order valence-electron chi connectivity index (χ0n) is 52.5. The average Bonchev–Trinajstić information content (AvgIpc) is 1.72. The van der Waals surface area contributed by atoms with E-state index in [0.717, 1.165) is 78.6 Å². The second-order valence-electron chi connectivity index (χ2n) is 24.8. The summed E-state index contributed by atoms with van der Waals surface area (Å²) in [5, 5.41) is 36.8. The standard InChI is InChI=1S/C67H80F3N13O8S/c1-42-16-24-50(34-53(42)67(68,69)70)75-58(87)40-82-38-48(37-73-82)47-23-27-52-54(33-47)78-79-62(52)77-63(89)46-21-25-49(26-22-46)74-56(85)14-10-11-15-59(88)81-31-29-80(30-32-81)28-12-8-6-7-9-13-57(86)76-61(66(3,4)5)65(91)83-39-51(84)35-55(83)64(90)71-36-44-17-19-45(20-18-44)60-43(2)72-41-92-60/h16-27,33-34,37-38,41,51,55,61,84H,6-15,28-32,35-36,39-40H2,1-5H3,(H,71,90)(H,74,85)(H,75,87)(H,76,86)(H2,77,78,79,89)/t51-,55+,61-/m1/s1. The number of likely N-dealkylation sites (tertiary alicyclic amines) is 1. The van der Waals surface area contributed by atoms with E-state index >= 15 is 0 Å². The number of nitrogens with zero attached hydrogens (tertiary/aromatic N) is 7. The zero-order chi connectivity index (χ0) is 65.7. The van der Waals surface area contributed by atoms with Gasteiger partial charge in [0.05, 0.1) is 39.5 Å². The summed E-state index contributed by atoms with van der Waals surface area (Å²) in [7, 11) is 0. The van der Waals surface area contributed by atoms with Gasteiger partial charge < -0.3 is 41.5 Å². The lowest BCUT2D eigenvalue weighted by Gasteiger charge is -2.35. The molecule has 7 amide bonds. The topological polar surface area (TPSA) is 269 Å². The van der Waals surface area contributed by atoms with Gasteiger partial charge in [0.25, 0.3) is 5.91 Å². The van der Waals surface area contributed by atoms with Crippen LogP contribution in [0.1, 0.15) is 124 Å². The monoisotopic (exact) mass is 1280 g/mol. The molecule has 2 aliphatic rings. The third kappa shape index (κ3) is 18.2. The number of carbonyl (C=O) groups excluding carboxylic acids is 7. The Morgan fingerprint density at radius 3 is 2.13 bits per heavy atom. The molecule has 7 N–H and O–H groups in total. The number of H-pyrrole nitrogens is 1. The molecule has 0 spiro atoms. The number of hydrogen-bond acceptors (Lipinski definition) is 13. The van der Waals surface area contributed by atoms with Crippen LogP contribution in [0.4, 0.5) is 30.4 Å². The average molecular weight is 1280 g/mol. The smallest absolute Gasteiger partial charge is 0.391 e. The molecule has 488 valence electrons. The molecule has 0 bridgehead atoms. The maximum absolute atomic E-state index is 14.1. The van der Waals surface area contributed by atoms with Crippen LogP contribution in [0.15, 0.2) is 103 Å². The quantitative estimate of drug-likeness (QED) is 0.0250. The first-order valence-electron chi connectivity index (χ1n) is 31.2. The number of nitrogens with one attached hydrogen (secondary N) is 6. The van der Waals surface area contributed by atoms with Crippen molar-refractivity contribution in [3.63, 3.8) is 0 Å². The summed E-state index contributed by atoms with van der Waals surface area (Å²) in [5.74, 6) is -1.76. The molecule has 92 heavy (non-hydrogen) atoms. The van der Waals surface area contributed by atoms with Crippen molar-refractivity contribution in [2.45, 2.75) is 143 Å². The molecule has 2 fully saturated rings. The van der Waals surface area contributed by atoms with Crippen molar-refractivity contribution in [2.24, 2.45) is 5.41 Å². The highest BCUT2D eigenvalue weighted by atomic mass is 32.1. The number of aromatic nitrogens is 5. The van der Waals surface area contributed by atoms with E-state index in [2.05, 4.69) is 51.8 Å². The zero-order valence-corrected chi connectivity index (χ0v) is 53.3. The summed E-state index contributed by atoms with van der Waals surface area (Å²) in [6.07, 6.45) is 4.36. The number of aliphatic hydroxyl groups is 1. The highest BCUT2D eigenvalue weighted by Crippen LogP contribution is 2.34. The van der Waals surface area contributed by atoms with E-state index in [1.807, 2.05) is 62.4 Å². The number of halogens is 3. The number of β-amino-alcohol motifs (C(OH)–C–C–N with tert-alkyl or cyclic N) is 1. The Balaban J connectivity index is 0.606. The van der Waals surface area contributed by atoms with Crippen LogP contribution in [0, 0.1) is 19.3 Å². The lowest BCUT2D eigenvalue weighted by molar-refractivity contribution is -0.144. The highest BCUT2D eigenvalue weighted by Gasteiger charge is 2.44. The van der Waals surface area contributed by atoms with Gasteiger partial charge in [-0.15, -0.1) is 11.3 Å². The number of fused-ring (bicyclic) bond motifs is 1. The number of alkyl halides is 3. The number of benzene rings is 4. The van der Waals surface area contributed by atoms with Crippen LogP contribution in [0.25, 0.3) is 32.5 Å². The molecular weight excluding hydrogens is 1200 g/mol. The van der Waals surface area contributed by atoms with Crippen LogP contribution < -0.4 is 26.6 Å². The van der Waals surface area contributed by atoms with Gasteiger partial charge in [-0.1, -0.05) is 76.4 Å². The fraction of sp³-hybridized carbons (Fsp3) is 0.433. The molecule has 3 atom stereocenters. The number of unbranched alkanes of at least 4 members (excludes halogenated alkanes) is 5. The van der Waals surface area contributed by atoms with Gasteiger partial charge in [0.1, 0.15) is 18.6 Å². The Morgan fingerprint density at radius 2 is 1.41 bits per heavy atom. The number of aromatic amines is 1. The fourth-order valence-electron chi connectivity index (χ4n) is 11.5. The Morgan fingerprint density at radius 1 is 0.739 bits per heavy atom. The number of amides is 7. The number of piperazine rings is 1. The van der Waals surface area contributed by atoms with Gasteiger partial charge in [-0.3, -0.25) is 48.2 Å². The molecular formula is C67H80F3N13O8S. The summed E-state index contributed by atoms with van der Waals surface area (Å²) >= 11 is 1.57. The Hall–Kier alpha value is -8.81. The molecule has 7 aromatic rings. The van der Waals surface area contributed by atoms with E-state index in [4.69, 9.17) is 0 Å². The highest BCUT2D eigenvalue weighted by molar-refractivity contribution is 7.13. The summed E-state index contributed by atoms with van der Waals surface area (Å²) < 4.78 is 41.5. The third-order valence-electron chi connectivity index (χ3n) is 16.7. The van der Waals surface area contributed by atoms with Crippen LogP contribution in [-0.4, -0.2) is 144 Å². The van der Waals surface area contributed by atoms with Crippen molar-refractivity contribution in [1.82, 2.24) is 50.3 Å². The van der Waals surface area contributed by atoms with E-state index in [1.54, 1.807) is 66.2 Å². The SMILES string of the molecule is Cc1ccc(NC(=O)Cn2cc(-c3ccc4c(NC(=O)c5ccc(NC(=O)CCCCC(=O)N6CCN(CCCCCCCC(=O)N[C@H](C(=O)N7C[C@H](O)C[C@H]7C(=O)NCc7ccc(-c8scnc8C)cc7)C(C)(C)C)CC6)cc5)n[nH]c4c3)cn2)cc1C(F)(F)F. The van der Waals surface area contributed by atoms with Gasteiger partial charge in [-0.2, -0.15) is 23.4 Å². The van der Waals surface area contributed by atoms with E-state index in [9.17, 15) is 51.8 Å². The van der Waals surface area contributed by atoms with Crippen molar-refractivity contribution in [1.29, 1.82) is 0 Å². The van der Waals surface area contributed by atoms with E-state index in [-0.39, 0.29) is 79.7 Å². The normalized spacial score (nSPS) is 15.7. The van der Waals surface area contributed by atoms with Crippen molar-refractivity contribution in [3.05, 3.63) is 131 Å². The maximum Gasteiger partial charge on any atom is 0.416 e. The second-order valence-corrected chi connectivity index (χ2v) is 25.7. The molecule has 0 unspecified atom stereocenters. The Kier molecular flexibility index (Phi) is 22.4. The first-order chi connectivity index (χ1) is 43.9. The van der Waals surface area contributed by atoms with Crippen LogP contribution in [0.3, 0.4) is 0 Å². The minimum Gasteiger partial charge on any atom is -0.391 e. The molecule has 21 nitrogen and oxygen atoms in total. The van der Waals surface area contributed by atoms with Crippen molar-refractivity contribution in [3.8, 4) is 21.6 Å². The predicted octanol–water partition coefficient (Wildman–Crippen LogP) is 9.87. The summed E-state index contributed by atoms with van der Waals surface area (Å²) in [5.41, 5.74) is 6.19. The molecule has 0 saturated carbocycles. The second kappa shape index (κ2) is 30.5. The summed E-state index contributed by atoms with van der Waals surface area (Å²) in [4.78, 5) is 104. The maximum atomic E-state index is 14.1. The van der Waals surface area contributed by atoms with E-state index in [1.165, 1.54) is 28.6 Å². The number of anilines is 3. The first kappa shape index (κ1) is 67.6. The largest absolute Gasteiger partial charge is 0.416 e. The van der Waals surface area contributed by atoms with Gasteiger partial charge in [-0.05, 0) is 122 Å². The Labute approximate surface area is 536 Å². The number of aliphatic hydroxyl groups excluding tert-OH is 1. The minimum absolute atomic E-state index is 0.00837. The summed E-state index contributed by atoms with van der Waals surface area (Å²) in [6.45, 7) is 12.8. The van der Waals surface area contributed by atoms with Gasteiger partial charge >= 0.3 is 6.18 Å². The van der Waals surface area contributed by atoms with Crippen molar-refractivity contribution >= 4 is 80.8 Å².